The van der Waals surface area contributed by atoms with Gasteiger partial charge in [0.1, 0.15) is 11.5 Å². The lowest BCUT2D eigenvalue weighted by Gasteiger charge is -2.58. The summed E-state index contributed by atoms with van der Waals surface area (Å²) in [5.74, 6) is 1.54. The topological polar surface area (TPSA) is 115 Å². The number of likely N-dealkylation sites (tertiary alicyclic amines) is 1. The van der Waals surface area contributed by atoms with Crippen LogP contribution >= 0.6 is 0 Å². The Labute approximate surface area is 219 Å². The molecule has 2 amide bonds. The molecule has 38 heavy (non-hydrogen) atoms. The normalized spacial score (nSPS) is 18.3. The first-order valence-electron chi connectivity index (χ1n) is 13.0. The van der Waals surface area contributed by atoms with E-state index in [1.807, 2.05) is 25.3 Å². The highest BCUT2D eigenvalue weighted by molar-refractivity contribution is 6.09. The Balaban J connectivity index is 1.08. The third-order valence-electron chi connectivity index (χ3n) is 8.23. The number of hydrogen-bond donors (Lipinski definition) is 1. The molecule has 10 nitrogen and oxygen atoms in total. The molecule has 0 atom stereocenters. The number of carbonyl (C=O) groups is 2. The van der Waals surface area contributed by atoms with E-state index in [1.54, 1.807) is 21.8 Å². The predicted octanol–water partition coefficient (Wildman–Crippen LogP) is 4.77. The first-order chi connectivity index (χ1) is 18.4. The third-order valence-corrected chi connectivity index (χ3v) is 8.23. The number of aromatic nitrogens is 4. The maximum atomic E-state index is 13.4. The van der Waals surface area contributed by atoms with Gasteiger partial charge in [-0.2, -0.15) is 5.10 Å². The maximum Gasteiger partial charge on any atom is 0.409 e. The highest BCUT2D eigenvalue weighted by Gasteiger charge is 2.54. The number of methoxy groups -OCH3 is 1. The van der Waals surface area contributed by atoms with Crippen molar-refractivity contribution < 1.29 is 18.8 Å². The van der Waals surface area contributed by atoms with Gasteiger partial charge >= 0.3 is 6.09 Å². The van der Waals surface area contributed by atoms with Crippen LogP contribution in [0.5, 0.6) is 0 Å². The van der Waals surface area contributed by atoms with E-state index in [1.165, 1.54) is 12.7 Å². The van der Waals surface area contributed by atoms with Gasteiger partial charge in [-0.15, -0.1) is 0 Å². The van der Waals surface area contributed by atoms with Gasteiger partial charge < -0.3 is 19.5 Å². The van der Waals surface area contributed by atoms with E-state index in [-0.39, 0.29) is 17.4 Å². The minimum Gasteiger partial charge on any atom is -0.453 e. The van der Waals surface area contributed by atoms with Crippen molar-refractivity contribution >= 4 is 23.2 Å². The Morgan fingerprint density at radius 1 is 1.11 bits per heavy atom. The summed E-state index contributed by atoms with van der Waals surface area (Å²) >= 11 is 0. The van der Waals surface area contributed by atoms with Gasteiger partial charge in [0.05, 0.1) is 30.1 Å². The number of ether oxygens (including phenoxy) is 1. The zero-order chi connectivity index (χ0) is 26.0. The SMILES string of the molecule is COC(=O)N1CC2(CC(c3ccn4ncc(C(=O)Nc5cc(-c6cc(C7CC7)on6)ncc5C)c4c3)C2)C1. The smallest absolute Gasteiger partial charge is 0.409 e. The van der Waals surface area contributed by atoms with E-state index < -0.39 is 0 Å². The van der Waals surface area contributed by atoms with Gasteiger partial charge in [-0.1, -0.05) is 5.16 Å². The highest BCUT2D eigenvalue weighted by Crippen LogP contribution is 2.56. The van der Waals surface area contributed by atoms with Crippen molar-refractivity contribution in [3.05, 3.63) is 65.3 Å². The van der Waals surface area contributed by atoms with Gasteiger partial charge in [-0.3, -0.25) is 9.78 Å². The average molecular weight is 513 g/mol. The quantitative estimate of drug-likeness (QED) is 0.410. The lowest BCUT2D eigenvalue weighted by atomic mass is 9.56. The Hall–Kier alpha value is -4.21. The highest BCUT2D eigenvalue weighted by atomic mass is 16.5. The molecule has 2 saturated carbocycles. The zero-order valence-electron chi connectivity index (χ0n) is 21.3. The van der Waals surface area contributed by atoms with Crippen molar-refractivity contribution in [1.29, 1.82) is 0 Å². The van der Waals surface area contributed by atoms with Gasteiger partial charge in [0.25, 0.3) is 5.91 Å². The number of aryl methyl sites for hydroxylation is 1. The molecule has 1 aliphatic heterocycles. The number of amides is 2. The number of anilines is 1. The maximum absolute atomic E-state index is 13.4. The van der Waals surface area contributed by atoms with Crippen LogP contribution in [-0.2, 0) is 4.74 Å². The molecule has 1 saturated heterocycles. The lowest BCUT2D eigenvalue weighted by Crippen LogP contribution is -2.63. The van der Waals surface area contributed by atoms with E-state index in [2.05, 4.69) is 32.7 Å². The van der Waals surface area contributed by atoms with Gasteiger partial charge in [-0.25, -0.2) is 9.31 Å². The molecule has 3 aliphatic rings. The zero-order valence-corrected chi connectivity index (χ0v) is 21.3. The van der Waals surface area contributed by atoms with E-state index >= 15 is 0 Å². The second kappa shape index (κ2) is 8.41. The van der Waals surface area contributed by atoms with Gasteiger partial charge in [0.2, 0.25) is 0 Å². The van der Waals surface area contributed by atoms with Crippen molar-refractivity contribution in [3.63, 3.8) is 0 Å². The minimum absolute atomic E-state index is 0.200. The summed E-state index contributed by atoms with van der Waals surface area (Å²) in [6.07, 6.45) is 9.31. The standard InChI is InChI=1S/C28H28N6O4/c1-16-12-29-22(23-9-25(38-32-23)17-3-4-17)8-21(16)31-26(35)20-13-30-34-6-5-18(7-24(20)34)19-10-28(11-19)14-33(15-28)27(36)37-2/h5-9,12-13,17,19H,3-4,10-11,14-15H2,1-2H3,(H,29,31,35). The molecule has 3 fully saturated rings. The molecule has 4 aromatic heterocycles. The monoisotopic (exact) mass is 512 g/mol. The number of rotatable bonds is 5. The molecule has 1 N–H and O–H groups in total. The van der Waals surface area contributed by atoms with Gasteiger partial charge in [0.15, 0.2) is 0 Å². The van der Waals surface area contributed by atoms with Crippen LogP contribution < -0.4 is 5.32 Å². The summed E-state index contributed by atoms with van der Waals surface area (Å²) in [4.78, 5) is 31.3. The van der Waals surface area contributed by atoms with Crippen LogP contribution in [0.25, 0.3) is 16.9 Å². The van der Waals surface area contributed by atoms with Crippen LogP contribution in [0.2, 0.25) is 0 Å². The van der Waals surface area contributed by atoms with Gasteiger partial charge in [-0.05, 0) is 67.9 Å². The Kier molecular flexibility index (Phi) is 5.08. The molecule has 194 valence electrons. The number of nitrogens with zero attached hydrogens (tertiary/aromatic N) is 5. The van der Waals surface area contributed by atoms with Crippen LogP contribution in [0.1, 0.15) is 64.8 Å². The Morgan fingerprint density at radius 3 is 2.68 bits per heavy atom. The van der Waals surface area contributed by atoms with Crippen LogP contribution in [0.4, 0.5) is 10.5 Å². The molecular formula is C28H28N6O4. The summed E-state index contributed by atoms with van der Waals surface area (Å²) in [7, 11) is 1.42. The molecule has 2 aliphatic carbocycles. The third kappa shape index (κ3) is 3.82. The summed E-state index contributed by atoms with van der Waals surface area (Å²) in [5.41, 5.74) is 5.52. The first kappa shape index (κ1) is 22.9. The number of nitrogens with one attached hydrogen (secondary N) is 1. The first-order valence-corrected chi connectivity index (χ1v) is 13.0. The molecule has 0 aromatic carbocycles. The van der Waals surface area contributed by atoms with Crippen molar-refractivity contribution in [3.8, 4) is 11.4 Å². The number of carbonyl (C=O) groups excluding carboxylic acids is 2. The number of hydrogen-bond acceptors (Lipinski definition) is 7. The molecule has 5 heterocycles. The number of fused-ring (bicyclic) bond motifs is 1. The van der Waals surface area contributed by atoms with Crippen molar-refractivity contribution in [2.75, 3.05) is 25.5 Å². The molecule has 0 radical (unpaired) electrons. The van der Waals surface area contributed by atoms with E-state index in [0.29, 0.717) is 34.5 Å². The molecule has 7 rings (SSSR count). The molecule has 4 aromatic rings. The number of pyridine rings is 2. The van der Waals surface area contributed by atoms with E-state index in [9.17, 15) is 9.59 Å². The second-order valence-corrected chi connectivity index (χ2v) is 11.0. The second-order valence-electron chi connectivity index (χ2n) is 11.0. The summed E-state index contributed by atoms with van der Waals surface area (Å²) < 4.78 is 12.0. The summed E-state index contributed by atoms with van der Waals surface area (Å²) in [6, 6.07) is 7.91. The van der Waals surface area contributed by atoms with Crippen LogP contribution in [0.15, 0.2) is 47.4 Å². The average Bonchev–Trinajstić information content (AvgIpc) is 3.44. The minimum atomic E-state index is -0.254. The summed E-state index contributed by atoms with van der Waals surface area (Å²) in [5, 5.41) is 11.6. The van der Waals surface area contributed by atoms with Crippen LogP contribution in [0, 0.1) is 12.3 Å². The van der Waals surface area contributed by atoms with Gasteiger partial charge in [0, 0.05) is 48.6 Å². The van der Waals surface area contributed by atoms with E-state index in [4.69, 9.17) is 9.26 Å². The molecule has 0 unspecified atom stereocenters. The largest absolute Gasteiger partial charge is 0.453 e. The van der Waals surface area contributed by atoms with Crippen LogP contribution in [-0.4, -0.2) is 56.9 Å². The van der Waals surface area contributed by atoms with Crippen molar-refractivity contribution in [1.82, 2.24) is 24.7 Å². The van der Waals surface area contributed by atoms with Crippen molar-refractivity contribution in [2.45, 2.75) is 44.4 Å². The van der Waals surface area contributed by atoms with Crippen molar-refractivity contribution in [2.24, 2.45) is 5.41 Å². The fourth-order valence-electron chi connectivity index (χ4n) is 5.89. The fourth-order valence-corrected chi connectivity index (χ4v) is 5.89. The summed E-state index contributed by atoms with van der Waals surface area (Å²) in [6.45, 7) is 3.41. The van der Waals surface area contributed by atoms with E-state index in [0.717, 1.165) is 55.6 Å². The lowest BCUT2D eigenvalue weighted by molar-refractivity contribution is -0.0615. The fraction of sp³-hybridized carbons (Fsp3) is 0.393. The Morgan fingerprint density at radius 2 is 1.92 bits per heavy atom. The molecule has 0 bridgehead atoms. The molecule has 10 heteroatoms. The van der Waals surface area contributed by atoms with Crippen LogP contribution in [0.3, 0.4) is 0 Å². The molecule has 1 spiro atoms. The predicted molar refractivity (Wildman–Crippen MR) is 138 cm³/mol. The molecular weight excluding hydrogens is 484 g/mol. The Bertz CT molecular complexity index is 1570.